The largest absolute Gasteiger partial charge is 0.573 e. The molecule has 208 valence electrons. The van der Waals surface area contributed by atoms with Gasteiger partial charge in [0.1, 0.15) is 5.75 Å². The number of aromatic nitrogens is 4. The predicted molar refractivity (Wildman–Crippen MR) is 141 cm³/mol. The van der Waals surface area contributed by atoms with Crippen molar-refractivity contribution in [3.8, 4) is 5.75 Å². The third kappa shape index (κ3) is 7.99. The lowest BCUT2D eigenvalue weighted by molar-refractivity contribution is -0.274. The van der Waals surface area contributed by atoms with Gasteiger partial charge < -0.3 is 20.3 Å². The van der Waals surface area contributed by atoms with Gasteiger partial charge in [-0.2, -0.15) is 5.10 Å². The van der Waals surface area contributed by atoms with Gasteiger partial charge in [-0.05, 0) is 61.6 Å². The van der Waals surface area contributed by atoms with Gasteiger partial charge in [0.25, 0.3) is 0 Å². The Morgan fingerprint density at radius 3 is 2.77 bits per heavy atom. The Bertz CT molecular complexity index is 1250. The van der Waals surface area contributed by atoms with Gasteiger partial charge in [-0.1, -0.05) is 23.5 Å². The second kappa shape index (κ2) is 12.1. The van der Waals surface area contributed by atoms with Gasteiger partial charge in [-0.15, -0.1) is 28.5 Å². The van der Waals surface area contributed by atoms with Gasteiger partial charge in [0.15, 0.2) is 5.82 Å². The lowest BCUT2D eigenvalue weighted by Crippen LogP contribution is -2.36. The molecule has 2 aromatic heterocycles. The van der Waals surface area contributed by atoms with Crippen LogP contribution in [0.1, 0.15) is 31.2 Å². The first-order valence-electron chi connectivity index (χ1n) is 12.8. The smallest absolute Gasteiger partial charge is 0.406 e. The van der Waals surface area contributed by atoms with Gasteiger partial charge in [0, 0.05) is 44.8 Å². The highest BCUT2D eigenvalue weighted by atomic mass is 32.1. The van der Waals surface area contributed by atoms with Crippen molar-refractivity contribution in [1.82, 2.24) is 25.3 Å². The number of likely N-dealkylation sites (tertiary alicyclic amines) is 1. The average Bonchev–Trinajstić information content (AvgIpc) is 3.54. The Kier molecular flexibility index (Phi) is 8.41. The third-order valence-electron chi connectivity index (χ3n) is 6.68. The summed E-state index contributed by atoms with van der Waals surface area (Å²) in [7, 11) is 0. The summed E-state index contributed by atoms with van der Waals surface area (Å²) in [5.41, 5.74) is 0.734. The molecule has 3 aromatic rings. The monoisotopic (exact) mass is 562 g/mol. The first kappa shape index (κ1) is 27.1. The highest BCUT2D eigenvalue weighted by molar-refractivity contribution is 7.19. The highest BCUT2D eigenvalue weighted by Crippen LogP contribution is 2.27. The number of hydrogen-bond acceptors (Lipinski definition) is 10. The van der Waals surface area contributed by atoms with Crippen molar-refractivity contribution in [1.29, 1.82) is 0 Å². The Balaban J connectivity index is 1.07. The summed E-state index contributed by atoms with van der Waals surface area (Å²) in [5, 5.41) is 23.7. The van der Waals surface area contributed by atoms with Crippen molar-refractivity contribution in [3.63, 3.8) is 0 Å². The van der Waals surface area contributed by atoms with E-state index in [1.165, 1.54) is 23.5 Å². The van der Waals surface area contributed by atoms with Gasteiger partial charge in [0.2, 0.25) is 16.2 Å². The lowest BCUT2D eigenvalue weighted by atomic mass is 9.94. The first-order valence-corrected chi connectivity index (χ1v) is 13.6. The number of carbonyl (C=O) groups excluding carboxylic acids is 1. The number of alkyl halides is 3. The minimum atomic E-state index is -4.72. The van der Waals surface area contributed by atoms with Crippen LogP contribution in [-0.4, -0.2) is 69.8 Å². The van der Waals surface area contributed by atoms with Gasteiger partial charge in [-0.3, -0.25) is 9.69 Å². The fraction of sp³-hybridized carbons (Fsp3) is 0.480. The third-order valence-corrected chi connectivity index (χ3v) is 7.45. The number of ether oxygens (including phenoxy) is 1. The number of nitrogens with zero attached hydrogens (tertiary/aromatic N) is 6. The van der Waals surface area contributed by atoms with E-state index in [9.17, 15) is 18.0 Å². The van der Waals surface area contributed by atoms with E-state index in [2.05, 4.69) is 45.6 Å². The summed E-state index contributed by atoms with van der Waals surface area (Å²) >= 11 is 1.30. The molecule has 2 aliphatic rings. The van der Waals surface area contributed by atoms with Crippen molar-refractivity contribution < 1.29 is 22.7 Å². The zero-order chi connectivity index (χ0) is 27.2. The van der Waals surface area contributed by atoms with Crippen LogP contribution in [0.25, 0.3) is 0 Å². The molecule has 2 atom stereocenters. The topological polar surface area (TPSA) is 108 Å². The molecular formula is C25H29F3N8O2S. The molecule has 10 nitrogen and oxygen atoms in total. The summed E-state index contributed by atoms with van der Waals surface area (Å²) in [5.74, 6) is 0.635. The highest BCUT2D eigenvalue weighted by Gasteiger charge is 2.31. The molecule has 2 aliphatic heterocycles. The molecule has 39 heavy (non-hydrogen) atoms. The van der Waals surface area contributed by atoms with Crippen molar-refractivity contribution >= 4 is 33.3 Å². The van der Waals surface area contributed by atoms with Crippen molar-refractivity contribution in [3.05, 3.63) is 48.2 Å². The molecule has 0 spiro atoms. The maximum atomic E-state index is 12.7. The summed E-state index contributed by atoms with van der Waals surface area (Å²) in [6, 6.07) is 10.0. The van der Waals surface area contributed by atoms with Crippen LogP contribution in [0.3, 0.4) is 0 Å². The number of anilines is 3. The molecular weight excluding hydrogens is 533 g/mol. The van der Waals surface area contributed by atoms with E-state index in [0.29, 0.717) is 29.8 Å². The van der Waals surface area contributed by atoms with Crippen molar-refractivity contribution in [2.45, 2.75) is 44.6 Å². The minimum Gasteiger partial charge on any atom is -0.406 e. The molecule has 0 aliphatic carbocycles. The van der Waals surface area contributed by atoms with Crippen LogP contribution in [0.2, 0.25) is 0 Å². The Hall–Kier alpha value is -3.52. The summed E-state index contributed by atoms with van der Waals surface area (Å²) in [4.78, 5) is 17.0. The summed E-state index contributed by atoms with van der Waals surface area (Å²) in [6.45, 7) is 3.64. The van der Waals surface area contributed by atoms with E-state index in [1.54, 1.807) is 18.3 Å². The Morgan fingerprint density at radius 2 is 1.95 bits per heavy atom. The van der Waals surface area contributed by atoms with Crippen LogP contribution in [0.15, 0.2) is 42.6 Å². The summed E-state index contributed by atoms with van der Waals surface area (Å²) < 4.78 is 41.6. The number of halogens is 3. The molecule has 1 aromatic carbocycles. The number of benzene rings is 1. The average molecular weight is 563 g/mol. The normalized spacial score (nSPS) is 20.1. The predicted octanol–water partition coefficient (Wildman–Crippen LogP) is 4.16. The van der Waals surface area contributed by atoms with E-state index in [-0.39, 0.29) is 23.6 Å². The van der Waals surface area contributed by atoms with Crippen molar-refractivity contribution in [2.24, 2.45) is 5.92 Å². The quantitative estimate of drug-likeness (QED) is 0.398. The second-order valence-electron chi connectivity index (χ2n) is 9.76. The summed E-state index contributed by atoms with van der Waals surface area (Å²) in [6.07, 6.45) is 0.0185. The molecule has 0 bridgehead atoms. The van der Waals surface area contributed by atoms with E-state index in [4.69, 9.17) is 0 Å². The van der Waals surface area contributed by atoms with E-state index >= 15 is 0 Å². The molecule has 0 unspecified atom stereocenters. The van der Waals surface area contributed by atoms with E-state index in [0.717, 1.165) is 50.3 Å². The van der Waals surface area contributed by atoms with Crippen molar-refractivity contribution in [2.75, 3.05) is 41.7 Å². The molecule has 2 fully saturated rings. The fourth-order valence-corrected chi connectivity index (χ4v) is 5.78. The number of piperidine rings is 1. The maximum absolute atomic E-state index is 12.7. The van der Waals surface area contributed by atoms with Crippen LogP contribution in [0.4, 0.5) is 29.3 Å². The molecule has 0 radical (unpaired) electrons. The second-order valence-corrected chi connectivity index (χ2v) is 10.7. The number of amides is 1. The van der Waals surface area contributed by atoms with Crippen LogP contribution < -0.4 is 20.3 Å². The van der Waals surface area contributed by atoms with Gasteiger partial charge in [0.05, 0.1) is 0 Å². The molecule has 0 saturated carbocycles. The first-order chi connectivity index (χ1) is 18.8. The zero-order valence-corrected chi connectivity index (χ0v) is 21.9. The van der Waals surface area contributed by atoms with Gasteiger partial charge >= 0.3 is 6.36 Å². The molecule has 2 saturated heterocycles. The standard InChI is InChI=1S/C25H29F3N8O2S/c26-25(27,28)38-20-6-1-4-17(12-20)14-35-10-3-5-18(15-35)13-22(37)31-24-34-33-23(39-24)30-19-8-11-36(16-19)21-7-2-9-29-32-21/h1-2,4,6-7,9,12,18-19H,3,5,8,10-11,13-16H2,(H,30,33)(H,31,34,37)/t18-,19+/m0/s1. The molecule has 2 N–H and O–H groups in total. The fourth-order valence-electron chi connectivity index (χ4n) is 5.05. The zero-order valence-electron chi connectivity index (χ0n) is 21.1. The van der Waals surface area contributed by atoms with Crippen LogP contribution in [-0.2, 0) is 11.3 Å². The van der Waals surface area contributed by atoms with Gasteiger partial charge in [-0.25, -0.2) is 0 Å². The minimum absolute atomic E-state index is 0.125. The maximum Gasteiger partial charge on any atom is 0.573 e. The SMILES string of the molecule is O=C(C[C@@H]1CCCN(Cc2cccc(OC(F)(F)F)c2)C1)Nc1nnc(N[C@@H]2CCN(c3cccnn3)C2)s1. The lowest BCUT2D eigenvalue weighted by Gasteiger charge is -2.32. The van der Waals surface area contributed by atoms with E-state index < -0.39 is 6.36 Å². The number of carbonyl (C=O) groups is 1. The van der Waals surface area contributed by atoms with Crippen LogP contribution in [0, 0.1) is 5.92 Å². The number of rotatable bonds is 9. The number of nitrogens with one attached hydrogen (secondary N) is 2. The Labute approximate surface area is 227 Å². The molecule has 1 amide bonds. The molecule has 4 heterocycles. The Morgan fingerprint density at radius 1 is 1.08 bits per heavy atom. The molecule has 5 rings (SSSR count). The van der Waals surface area contributed by atoms with Crippen LogP contribution in [0.5, 0.6) is 5.75 Å². The van der Waals surface area contributed by atoms with Crippen LogP contribution >= 0.6 is 11.3 Å². The van der Waals surface area contributed by atoms with E-state index in [1.807, 2.05) is 12.1 Å². The number of hydrogen-bond donors (Lipinski definition) is 2. The molecule has 14 heteroatoms.